The Balaban J connectivity index is 2.33. The topological polar surface area (TPSA) is 55.0 Å². The van der Waals surface area contributed by atoms with E-state index in [1.165, 1.54) is 6.92 Å². The molecule has 1 heterocycles. The van der Waals surface area contributed by atoms with E-state index in [-0.39, 0.29) is 6.61 Å². The summed E-state index contributed by atoms with van der Waals surface area (Å²) in [5.41, 5.74) is 1.71. The first-order chi connectivity index (χ1) is 8.97. The second-order valence-electron chi connectivity index (χ2n) is 3.80. The molecule has 100 valence electrons. The number of nitrogens with one attached hydrogen (secondary N) is 1. The third kappa shape index (κ3) is 3.41. The van der Waals surface area contributed by atoms with E-state index in [4.69, 9.17) is 39.5 Å². The monoisotopic (exact) mass is 318 g/mol. The summed E-state index contributed by atoms with van der Waals surface area (Å²) in [6.45, 7) is 1.36. The third-order valence-electron chi connectivity index (χ3n) is 2.33. The summed E-state index contributed by atoms with van der Waals surface area (Å²) in [6.07, 6.45) is 0. The smallest absolute Gasteiger partial charge is 0.303 e. The number of carbonyl (C=O) groups is 1. The second kappa shape index (κ2) is 5.82. The number of benzene rings is 1. The van der Waals surface area contributed by atoms with Crippen LogP contribution in [0.25, 0.3) is 11.3 Å². The highest BCUT2D eigenvalue weighted by Crippen LogP contribution is 2.32. The van der Waals surface area contributed by atoms with Gasteiger partial charge < -0.3 is 4.74 Å². The fourth-order valence-electron chi connectivity index (χ4n) is 1.52. The number of H-pyrrole nitrogens is 1. The summed E-state index contributed by atoms with van der Waals surface area (Å²) in [5, 5.41) is 8.15. The number of hydrogen-bond acceptors (Lipinski definition) is 3. The lowest BCUT2D eigenvalue weighted by molar-refractivity contribution is -0.142. The standard InChI is InChI=1S/C12H9Cl3N2O2/c1-6(18)19-5-10-11(15)12(17-16-10)7-2-8(13)4-9(14)3-7/h2-4H,5H2,1H3,(H,16,17). The van der Waals surface area contributed by atoms with E-state index in [1.54, 1.807) is 18.2 Å². The number of ether oxygens (including phenoxy) is 1. The van der Waals surface area contributed by atoms with Crippen molar-refractivity contribution in [1.29, 1.82) is 0 Å². The molecule has 0 radical (unpaired) electrons. The number of carbonyl (C=O) groups excluding carboxylic acids is 1. The highest BCUT2D eigenvalue weighted by Gasteiger charge is 2.14. The molecular weight excluding hydrogens is 311 g/mol. The zero-order chi connectivity index (χ0) is 14.0. The van der Waals surface area contributed by atoms with Crippen LogP contribution >= 0.6 is 34.8 Å². The molecule has 0 atom stereocenters. The molecule has 0 bridgehead atoms. The Morgan fingerprint density at radius 1 is 1.26 bits per heavy atom. The summed E-state index contributed by atoms with van der Waals surface area (Å²) < 4.78 is 4.86. The quantitative estimate of drug-likeness (QED) is 0.867. The summed E-state index contributed by atoms with van der Waals surface area (Å²) in [5.74, 6) is -0.391. The van der Waals surface area contributed by atoms with Crippen LogP contribution in [0.5, 0.6) is 0 Å². The SMILES string of the molecule is CC(=O)OCc1[nH]nc(-c2cc(Cl)cc(Cl)c2)c1Cl. The van der Waals surface area contributed by atoms with E-state index in [1.807, 2.05) is 0 Å². The van der Waals surface area contributed by atoms with Crippen molar-refractivity contribution in [3.63, 3.8) is 0 Å². The molecule has 1 N–H and O–H groups in total. The van der Waals surface area contributed by atoms with Gasteiger partial charge in [-0.1, -0.05) is 34.8 Å². The van der Waals surface area contributed by atoms with E-state index in [0.717, 1.165) is 0 Å². The summed E-state index contributed by atoms with van der Waals surface area (Å²) in [7, 11) is 0. The first-order valence-electron chi connectivity index (χ1n) is 5.30. The molecule has 19 heavy (non-hydrogen) atoms. The molecule has 4 nitrogen and oxygen atoms in total. The summed E-state index contributed by atoms with van der Waals surface area (Å²) in [6, 6.07) is 5.02. The predicted molar refractivity (Wildman–Crippen MR) is 74.5 cm³/mol. The van der Waals surface area contributed by atoms with Gasteiger partial charge in [-0.3, -0.25) is 9.89 Å². The molecule has 0 spiro atoms. The molecule has 1 aromatic heterocycles. The van der Waals surface area contributed by atoms with Gasteiger partial charge in [-0.25, -0.2) is 0 Å². The Morgan fingerprint density at radius 2 is 1.89 bits per heavy atom. The first-order valence-corrected chi connectivity index (χ1v) is 6.43. The third-order valence-corrected chi connectivity index (χ3v) is 3.17. The van der Waals surface area contributed by atoms with Gasteiger partial charge in [0.1, 0.15) is 12.3 Å². The molecule has 0 fully saturated rings. The normalized spacial score (nSPS) is 10.5. The zero-order valence-electron chi connectivity index (χ0n) is 9.84. The molecule has 0 saturated heterocycles. The van der Waals surface area contributed by atoms with Crippen LogP contribution in [0.2, 0.25) is 15.1 Å². The number of rotatable bonds is 3. The maximum absolute atomic E-state index is 10.8. The molecule has 0 aliphatic carbocycles. The van der Waals surface area contributed by atoms with E-state index in [2.05, 4.69) is 10.2 Å². The minimum Gasteiger partial charge on any atom is -0.459 e. The van der Waals surface area contributed by atoms with Crippen molar-refractivity contribution in [3.8, 4) is 11.3 Å². The van der Waals surface area contributed by atoms with Crippen molar-refractivity contribution in [2.24, 2.45) is 0 Å². The molecule has 7 heteroatoms. The largest absolute Gasteiger partial charge is 0.459 e. The molecule has 0 saturated carbocycles. The Labute approximate surface area is 124 Å². The highest BCUT2D eigenvalue weighted by molar-refractivity contribution is 6.36. The number of aromatic amines is 1. The Kier molecular flexibility index (Phi) is 4.34. The van der Waals surface area contributed by atoms with Crippen LogP contribution in [0.3, 0.4) is 0 Å². The van der Waals surface area contributed by atoms with Crippen molar-refractivity contribution in [1.82, 2.24) is 10.2 Å². The lowest BCUT2D eigenvalue weighted by atomic mass is 10.1. The number of hydrogen-bond donors (Lipinski definition) is 1. The van der Waals surface area contributed by atoms with Gasteiger partial charge >= 0.3 is 5.97 Å². The molecule has 0 unspecified atom stereocenters. The van der Waals surface area contributed by atoms with Gasteiger partial charge in [0.05, 0.1) is 10.7 Å². The van der Waals surface area contributed by atoms with Gasteiger partial charge in [0, 0.05) is 22.5 Å². The maximum Gasteiger partial charge on any atom is 0.303 e. The molecule has 0 aliphatic heterocycles. The first kappa shape index (κ1) is 14.2. The van der Waals surface area contributed by atoms with Crippen LogP contribution < -0.4 is 0 Å². The summed E-state index contributed by atoms with van der Waals surface area (Å²) >= 11 is 18.0. The van der Waals surface area contributed by atoms with E-state index in [0.29, 0.717) is 32.0 Å². The van der Waals surface area contributed by atoms with Crippen molar-refractivity contribution in [2.45, 2.75) is 13.5 Å². The van der Waals surface area contributed by atoms with Gasteiger partial charge in [0.25, 0.3) is 0 Å². The minimum absolute atomic E-state index is 0.0372. The van der Waals surface area contributed by atoms with E-state index in [9.17, 15) is 4.79 Å². The lowest BCUT2D eigenvalue weighted by Crippen LogP contribution is -1.99. The number of nitrogens with zero attached hydrogens (tertiary/aromatic N) is 1. The predicted octanol–water partition coefficient (Wildman–Crippen LogP) is 4.10. The average molecular weight is 320 g/mol. The average Bonchev–Trinajstić information content (AvgIpc) is 2.66. The fraction of sp³-hybridized carbons (Fsp3) is 0.167. The van der Waals surface area contributed by atoms with Crippen LogP contribution in [0.15, 0.2) is 18.2 Å². The van der Waals surface area contributed by atoms with Crippen molar-refractivity contribution in [3.05, 3.63) is 39.0 Å². The van der Waals surface area contributed by atoms with Gasteiger partial charge in [-0.2, -0.15) is 5.10 Å². The van der Waals surface area contributed by atoms with Crippen LogP contribution in [0.4, 0.5) is 0 Å². The van der Waals surface area contributed by atoms with Crippen LogP contribution in [0.1, 0.15) is 12.6 Å². The maximum atomic E-state index is 10.8. The second-order valence-corrected chi connectivity index (χ2v) is 5.05. The number of aromatic nitrogens is 2. The molecular formula is C12H9Cl3N2O2. The van der Waals surface area contributed by atoms with Crippen LogP contribution in [-0.2, 0) is 16.1 Å². The molecule has 1 aromatic carbocycles. The molecule has 0 aliphatic rings. The Bertz CT molecular complexity index is 605. The molecule has 2 aromatic rings. The van der Waals surface area contributed by atoms with Gasteiger partial charge in [-0.15, -0.1) is 0 Å². The summed E-state index contributed by atoms with van der Waals surface area (Å²) in [4.78, 5) is 10.8. The van der Waals surface area contributed by atoms with Crippen molar-refractivity contribution < 1.29 is 9.53 Å². The minimum atomic E-state index is -0.391. The van der Waals surface area contributed by atoms with Gasteiger partial charge in [0.2, 0.25) is 0 Å². The van der Waals surface area contributed by atoms with Gasteiger partial charge in [0.15, 0.2) is 0 Å². The Morgan fingerprint density at radius 3 is 2.47 bits per heavy atom. The fourth-order valence-corrected chi connectivity index (χ4v) is 2.29. The molecule has 0 amide bonds. The van der Waals surface area contributed by atoms with E-state index < -0.39 is 5.97 Å². The van der Waals surface area contributed by atoms with Crippen LogP contribution in [0, 0.1) is 0 Å². The highest BCUT2D eigenvalue weighted by atomic mass is 35.5. The Hall–Kier alpha value is -1.23. The number of halogens is 3. The number of esters is 1. The van der Waals surface area contributed by atoms with Crippen molar-refractivity contribution in [2.75, 3.05) is 0 Å². The van der Waals surface area contributed by atoms with Gasteiger partial charge in [-0.05, 0) is 18.2 Å². The van der Waals surface area contributed by atoms with Crippen molar-refractivity contribution >= 4 is 40.8 Å². The zero-order valence-corrected chi connectivity index (χ0v) is 12.1. The molecule has 2 rings (SSSR count). The van der Waals surface area contributed by atoms with E-state index >= 15 is 0 Å². The van der Waals surface area contributed by atoms with Crippen LogP contribution in [-0.4, -0.2) is 16.2 Å². The lowest BCUT2D eigenvalue weighted by Gasteiger charge is -2.01.